The maximum Gasteiger partial charge on any atom is 0.138 e. The van der Waals surface area contributed by atoms with E-state index in [2.05, 4.69) is 31.9 Å². The smallest absolute Gasteiger partial charge is 0.138 e. The van der Waals surface area contributed by atoms with Gasteiger partial charge in [-0.1, -0.05) is 12.1 Å². The van der Waals surface area contributed by atoms with Crippen LogP contribution in [0.4, 0.5) is 11.4 Å². The average molecular weight is 359 g/mol. The van der Waals surface area contributed by atoms with Gasteiger partial charge in [0.15, 0.2) is 0 Å². The topological polar surface area (TPSA) is 35.8 Å². The number of phenols is 1. The van der Waals surface area contributed by atoms with Crippen LogP contribution in [0.25, 0.3) is 0 Å². The number of hydrogen-bond acceptors (Lipinski definition) is 3. The largest absolute Gasteiger partial charge is 0.506 e. The summed E-state index contributed by atoms with van der Waals surface area (Å²) >= 11 is 3.37. The minimum absolute atomic E-state index is 0.230. The molecule has 3 rings (SSSR count). The Hall–Kier alpha value is -1.81. The van der Waals surface area contributed by atoms with E-state index in [9.17, 15) is 5.11 Å². The van der Waals surface area contributed by atoms with E-state index in [0.29, 0.717) is 4.47 Å². The van der Waals surface area contributed by atoms with Crippen molar-refractivity contribution in [2.75, 3.05) is 18.0 Å². The van der Waals surface area contributed by atoms with E-state index in [-0.39, 0.29) is 5.75 Å². The maximum atomic E-state index is 10.1. The number of aliphatic imine (C=N–C) groups is 1. The van der Waals surface area contributed by atoms with Gasteiger partial charge in [-0.25, -0.2) is 0 Å². The molecule has 4 heteroatoms. The second kappa shape index (κ2) is 6.53. The molecule has 22 heavy (non-hydrogen) atoms. The van der Waals surface area contributed by atoms with Crippen LogP contribution in [0.5, 0.6) is 5.75 Å². The van der Waals surface area contributed by atoms with E-state index in [1.807, 2.05) is 37.3 Å². The van der Waals surface area contributed by atoms with Crippen molar-refractivity contribution < 1.29 is 5.11 Å². The molecule has 0 unspecified atom stereocenters. The number of para-hydroxylation sites is 2. The molecule has 0 bridgehead atoms. The Labute approximate surface area is 139 Å². The van der Waals surface area contributed by atoms with Gasteiger partial charge in [-0.3, -0.25) is 4.99 Å². The third-order valence-corrected chi connectivity index (χ3v) is 4.51. The summed E-state index contributed by atoms with van der Waals surface area (Å²) in [5.74, 6) is 0.230. The second-order valence-electron chi connectivity index (χ2n) is 5.63. The minimum Gasteiger partial charge on any atom is -0.506 e. The summed E-state index contributed by atoms with van der Waals surface area (Å²) in [6.45, 7) is 4.18. The molecule has 1 aliphatic rings. The lowest BCUT2D eigenvalue weighted by Crippen LogP contribution is -2.17. The molecule has 2 aromatic rings. The van der Waals surface area contributed by atoms with Crippen LogP contribution in [0.1, 0.15) is 24.0 Å². The monoisotopic (exact) mass is 358 g/mol. The van der Waals surface area contributed by atoms with Gasteiger partial charge in [0, 0.05) is 24.9 Å². The Bertz CT molecular complexity index is 706. The normalized spacial score (nSPS) is 14.9. The molecule has 1 aliphatic heterocycles. The number of halogens is 1. The van der Waals surface area contributed by atoms with Gasteiger partial charge >= 0.3 is 0 Å². The van der Waals surface area contributed by atoms with Gasteiger partial charge < -0.3 is 10.0 Å². The molecule has 0 radical (unpaired) electrons. The summed E-state index contributed by atoms with van der Waals surface area (Å²) in [5, 5.41) is 10.1. The van der Waals surface area contributed by atoms with Crippen molar-refractivity contribution in [2.24, 2.45) is 4.99 Å². The average Bonchev–Trinajstić information content (AvgIpc) is 3.04. The van der Waals surface area contributed by atoms with E-state index >= 15 is 0 Å². The zero-order valence-electron chi connectivity index (χ0n) is 12.6. The molecule has 1 fully saturated rings. The molecule has 0 saturated carbocycles. The van der Waals surface area contributed by atoms with Crippen molar-refractivity contribution in [2.45, 2.75) is 19.8 Å². The lowest BCUT2D eigenvalue weighted by molar-refractivity contribution is 0.471. The Morgan fingerprint density at radius 3 is 2.68 bits per heavy atom. The number of rotatable bonds is 3. The van der Waals surface area contributed by atoms with E-state index in [4.69, 9.17) is 0 Å². The van der Waals surface area contributed by atoms with Gasteiger partial charge in [0.25, 0.3) is 0 Å². The van der Waals surface area contributed by atoms with Crippen LogP contribution in [-0.4, -0.2) is 24.4 Å². The van der Waals surface area contributed by atoms with Crippen LogP contribution in [0.15, 0.2) is 45.9 Å². The van der Waals surface area contributed by atoms with E-state index in [1.165, 1.54) is 18.5 Å². The van der Waals surface area contributed by atoms with Gasteiger partial charge in [0.1, 0.15) is 5.75 Å². The van der Waals surface area contributed by atoms with Crippen LogP contribution >= 0.6 is 15.9 Å². The first kappa shape index (κ1) is 15.1. The molecule has 114 valence electrons. The van der Waals surface area contributed by atoms with Crippen LogP contribution in [0, 0.1) is 6.92 Å². The van der Waals surface area contributed by atoms with Gasteiger partial charge in [0.2, 0.25) is 0 Å². The highest BCUT2D eigenvalue weighted by atomic mass is 79.9. The molecule has 0 atom stereocenters. The van der Waals surface area contributed by atoms with E-state index in [0.717, 1.165) is 29.9 Å². The Balaban J connectivity index is 1.93. The summed E-state index contributed by atoms with van der Waals surface area (Å²) < 4.78 is 0.696. The SMILES string of the molecule is Cc1cc(Br)c(O)c(C=Nc2ccccc2N2CCCC2)c1. The molecule has 3 nitrogen and oxygen atoms in total. The molecular formula is C18H19BrN2O. The molecule has 1 heterocycles. The quantitative estimate of drug-likeness (QED) is 0.798. The molecule has 1 N–H and O–H groups in total. The van der Waals surface area contributed by atoms with Gasteiger partial charge in [-0.15, -0.1) is 0 Å². The van der Waals surface area contributed by atoms with E-state index < -0.39 is 0 Å². The predicted molar refractivity (Wildman–Crippen MR) is 95.7 cm³/mol. The first-order valence-electron chi connectivity index (χ1n) is 7.52. The fraction of sp³-hybridized carbons (Fsp3) is 0.278. The molecule has 0 spiro atoms. The van der Waals surface area contributed by atoms with Crippen molar-refractivity contribution in [3.8, 4) is 5.75 Å². The fourth-order valence-corrected chi connectivity index (χ4v) is 3.39. The van der Waals surface area contributed by atoms with E-state index in [1.54, 1.807) is 6.21 Å². The zero-order chi connectivity index (χ0) is 15.5. The van der Waals surface area contributed by atoms with Crippen molar-refractivity contribution in [3.05, 3.63) is 52.0 Å². The number of anilines is 1. The number of aryl methyl sites for hydroxylation is 1. The standard InChI is InChI=1S/C18H19BrN2O/c1-13-10-14(18(22)15(19)11-13)12-20-16-6-2-3-7-17(16)21-8-4-5-9-21/h2-3,6-7,10-12,22H,4-5,8-9H2,1H3. The summed E-state index contributed by atoms with van der Waals surface area (Å²) in [6.07, 6.45) is 4.22. The number of benzene rings is 2. The highest BCUT2D eigenvalue weighted by Crippen LogP contribution is 2.32. The van der Waals surface area contributed by atoms with Gasteiger partial charge in [-0.05, 0) is 65.5 Å². The van der Waals surface area contributed by atoms with Crippen LogP contribution in [0.2, 0.25) is 0 Å². The molecule has 0 aliphatic carbocycles. The predicted octanol–water partition coefficient (Wildman–Crippen LogP) is 4.81. The summed E-state index contributed by atoms with van der Waals surface area (Å²) in [5.41, 5.74) is 3.92. The molecule has 0 amide bonds. The molecular weight excluding hydrogens is 340 g/mol. The lowest BCUT2D eigenvalue weighted by Gasteiger charge is -2.19. The van der Waals surface area contributed by atoms with Crippen molar-refractivity contribution in [3.63, 3.8) is 0 Å². The summed E-state index contributed by atoms with van der Waals surface area (Å²) in [7, 11) is 0. The third kappa shape index (κ3) is 3.17. The number of aromatic hydroxyl groups is 1. The molecule has 0 aromatic heterocycles. The van der Waals surface area contributed by atoms with Crippen LogP contribution in [0.3, 0.4) is 0 Å². The fourth-order valence-electron chi connectivity index (χ4n) is 2.80. The van der Waals surface area contributed by atoms with Crippen LogP contribution in [-0.2, 0) is 0 Å². The second-order valence-corrected chi connectivity index (χ2v) is 6.48. The van der Waals surface area contributed by atoms with Crippen molar-refractivity contribution in [1.29, 1.82) is 0 Å². The molecule has 1 saturated heterocycles. The number of phenolic OH excluding ortho intramolecular Hbond substituents is 1. The Morgan fingerprint density at radius 1 is 1.18 bits per heavy atom. The first-order valence-corrected chi connectivity index (χ1v) is 8.31. The zero-order valence-corrected chi connectivity index (χ0v) is 14.2. The minimum atomic E-state index is 0.230. The Morgan fingerprint density at radius 2 is 1.91 bits per heavy atom. The maximum absolute atomic E-state index is 10.1. The Kier molecular flexibility index (Phi) is 4.48. The van der Waals surface area contributed by atoms with Crippen molar-refractivity contribution >= 4 is 33.5 Å². The number of nitrogens with zero attached hydrogens (tertiary/aromatic N) is 2. The third-order valence-electron chi connectivity index (χ3n) is 3.91. The molecule has 2 aromatic carbocycles. The van der Waals surface area contributed by atoms with Gasteiger partial charge in [0.05, 0.1) is 15.8 Å². The first-order chi connectivity index (χ1) is 10.6. The lowest BCUT2D eigenvalue weighted by atomic mass is 10.1. The number of hydrogen-bond donors (Lipinski definition) is 1. The van der Waals surface area contributed by atoms with Gasteiger partial charge in [-0.2, -0.15) is 0 Å². The van der Waals surface area contributed by atoms with Crippen molar-refractivity contribution in [1.82, 2.24) is 0 Å². The summed E-state index contributed by atoms with van der Waals surface area (Å²) in [4.78, 5) is 6.99. The highest BCUT2D eigenvalue weighted by molar-refractivity contribution is 9.10. The summed E-state index contributed by atoms with van der Waals surface area (Å²) in [6, 6.07) is 12.0. The van der Waals surface area contributed by atoms with Crippen LogP contribution < -0.4 is 4.90 Å². The highest BCUT2D eigenvalue weighted by Gasteiger charge is 2.15.